The van der Waals surface area contributed by atoms with Gasteiger partial charge in [-0.25, -0.2) is 0 Å². The molecule has 0 spiro atoms. The molecule has 0 radical (unpaired) electrons. The van der Waals surface area contributed by atoms with Crippen molar-refractivity contribution in [3.05, 3.63) is 53.4 Å². The van der Waals surface area contributed by atoms with Gasteiger partial charge in [0.25, 0.3) is 0 Å². The predicted molar refractivity (Wildman–Crippen MR) is 74.1 cm³/mol. The van der Waals surface area contributed by atoms with Crippen molar-refractivity contribution in [1.29, 1.82) is 0 Å². The molecule has 0 aliphatic heterocycles. The fourth-order valence-electron chi connectivity index (χ4n) is 2.58. The molecule has 1 aliphatic rings. The third kappa shape index (κ3) is 1.92. The molecular weight excluding hydrogens is 222 g/mol. The van der Waals surface area contributed by atoms with Crippen molar-refractivity contribution in [2.24, 2.45) is 7.05 Å². The Kier molecular flexibility index (Phi) is 2.67. The third-order valence-electron chi connectivity index (χ3n) is 3.62. The van der Waals surface area contributed by atoms with E-state index < -0.39 is 0 Å². The number of nitrogens with zero attached hydrogens (tertiary/aromatic N) is 2. The zero-order valence-corrected chi connectivity index (χ0v) is 10.6. The number of hydrogen-bond donors (Lipinski definition) is 1. The van der Waals surface area contributed by atoms with Crippen LogP contribution in [0.15, 0.2) is 36.5 Å². The van der Waals surface area contributed by atoms with E-state index in [0.29, 0.717) is 0 Å². The van der Waals surface area contributed by atoms with E-state index in [1.54, 1.807) is 0 Å². The van der Waals surface area contributed by atoms with Crippen LogP contribution in [0.1, 0.15) is 23.2 Å². The molecule has 18 heavy (non-hydrogen) atoms. The third-order valence-corrected chi connectivity index (χ3v) is 3.62. The Morgan fingerprint density at radius 2 is 2.22 bits per heavy atom. The summed E-state index contributed by atoms with van der Waals surface area (Å²) in [6, 6.07) is 8.30. The Morgan fingerprint density at radius 1 is 1.33 bits per heavy atom. The maximum Gasteiger partial charge on any atom is 0.0492 e. The topological polar surface area (TPSA) is 43.8 Å². The summed E-state index contributed by atoms with van der Waals surface area (Å²) in [6.07, 6.45) is 7.33. The van der Waals surface area contributed by atoms with Gasteiger partial charge in [-0.05, 0) is 47.7 Å². The number of allylic oxidation sites excluding steroid dienone is 2. The van der Waals surface area contributed by atoms with Gasteiger partial charge in [-0.15, -0.1) is 0 Å². The molecule has 0 saturated heterocycles. The average molecular weight is 239 g/mol. The summed E-state index contributed by atoms with van der Waals surface area (Å²) in [7, 11) is 1.98. The molecule has 0 atom stereocenters. The van der Waals surface area contributed by atoms with Crippen molar-refractivity contribution >= 4 is 11.3 Å². The van der Waals surface area contributed by atoms with Crippen LogP contribution in [0, 0.1) is 0 Å². The lowest BCUT2D eigenvalue weighted by Crippen LogP contribution is -1.96. The van der Waals surface area contributed by atoms with Crippen LogP contribution in [0.4, 0.5) is 5.69 Å². The summed E-state index contributed by atoms with van der Waals surface area (Å²) in [4.78, 5) is 0. The first kappa shape index (κ1) is 11.1. The number of nitrogen functional groups attached to an aromatic ring is 1. The highest BCUT2D eigenvalue weighted by Crippen LogP contribution is 2.33. The number of anilines is 1. The van der Waals surface area contributed by atoms with Gasteiger partial charge in [0.05, 0.1) is 0 Å². The summed E-state index contributed by atoms with van der Waals surface area (Å²) in [5.74, 6) is 0. The first-order valence-corrected chi connectivity index (χ1v) is 6.29. The highest BCUT2D eigenvalue weighted by atomic mass is 15.2. The molecule has 1 aromatic heterocycles. The molecule has 0 saturated carbocycles. The van der Waals surface area contributed by atoms with Crippen LogP contribution in [-0.2, 0) is 19.9 Å². The molecule has 0 bridgehead atoms. The van der Waals surface area contributed by atoms with Crippen molar-refractivity contribution < 1.29 is 0 Å². The van der Waals surface area contributed by atoms with Gasteiger partial charge >= 0.3 is 0 Å². The second kappa shape index (κ2) is 4.33. The average Bonchev–Trinajstić information content (AvgIpc) is 2.93. The van der Waals surface area contributed by atoms with Gasteiger partial charge < -0.3 is 5.73 Å². The molecule has 1 aliphatic carbocycles. The van der Waals surface area contributed by atoms with Gasteiger partial charge in [0, 0.05) is 31.0 Å². The minimum absolute atomic E-state index is 0.863. The molecule has 1 aromatic carbocycles. The molecule has 0 unspecified atom stereocenters. The van der Waals surface area contributed by atoms with E-state index in [0.717, 1.165) is 24.9 Å². The van der Waals surface area contributed by atoms with Crippen LogP contribution in [-0.4, -0.2) is 9.78 Å². The standard InChI is InChI=1S/C15H17N3/c1-18-14(8-9-17-18)6-4-11-2-3-12-10-13(16)5-7-15(11)12/h4-5,7-10H,2-3,6,16H2,1H3/b11-4-. The van der Waals surface area contributed by atoms with Crippen molar-refractivity contribution in [3.63, 3.8) is 0 Å². The van der Waals surface area contributed by atoms with Crippen LogP contribution in [0.2, 0.25) is 0 Å². The SMILES string of the molecule is Cn1nccc1C/C=C1/CCc2cc(N)ccc21. The number of benzene rings is 1. The predicted octanol–water partition coefficient (Wildman–Crippen LogP) is 2.57. The monoisotopic (exact) mass is 239 g/mol. The molecule has 2 aromatic rings. The van der Waals surface area contributed by atoms with Crippen LogP contribution < -0.4 is 5.73 Å². The molecule has 92 valence electrons. The van der Waals surface area contributed by atoms with Gasteiger partial charge in [-0.2, -0.15) is 5.10 Å². The number of hydrogen-bond acceptors (Lipinski definition) is 2. The Bertz CT molecular complexity index is 608. The summed E-state index contributed by atoms with van der Waals surface area (Å²) in [5, 5.41) is 4.19. The van der Waals surface area contributed by atoms with E-state index in [1.165, 1.54) is 22.4 Å². The Balaban J connectivity index is 1.86. The molecule has 1 heterocycles. The smallest absolute Gasteiger partial charge is 0.0492 e. The lowest BCUT2D eigenvalue weighted by molar-refractivity contribution is 0.727. The maximum absolute atomic E-state index is 5.82. The largest absolute Gasteiger partial charge is 0.399 e. The molecular formula is C15H17N3. The number of aromatic nitrogens is 2. The highest BCUT2D eigenvalue weighted by molar-refractivity contribution is 5.74. The maximum atomic E-state index is 5.82. The lowest BCUT2D eigenvalue weighted by atomic mass is 10.1. The quantitative estimate of drug-likeness (QED) is 0.819. The van der Waals surface area contributed by atoms with Gasteiger partial charge in [-0.3, -0.25) is 4.68 Å². The number of nitrogens with two attached hydrogens (primary N) is 1. The van der Waals surface area contributed by atoms with Crippen molar-refractivity contribution in [2.45, 2.75) is 19.3 Å². The molecule has 3 heteroatoms. The second-order valence-corrected chi connectivity index (χ2v) is 4.80. The summed E-state index contributed by atoms with van der Waals surface area (Å²) >= 11 is 0. The van der Waals surface area contributed by atoms with E-state index in [4.69, 9.17) is 5.73 Å². The Labute approximate surface area is 107 Å². The second-order valence-electron chi connectivity index (χ2n) is 4.80. The molecule has 0 fully saturated rings. The van der Waals surface area contributed by atoms with Crippen LogP contribution in [0.3, 0.4) is 0 Å². The van der Waals surface area contributed by atoms with Crippen LogP contribution in [0.25, 0.3) is 5.57 Å². The molecule has 3 rings (SSSR count). The van der Waals surface area contributed by atoms with Gasteiger partial charge in [0.15, 0.2) is 0 Å². The van der Waals surface area contributed by atoms with E-state index in [9.17, 15) is 0 Å². The minimum Gasteiger partial charge on any atom is -0.399 e. The van der Waals surface area contributed by atoms with Crippen LogP contribution in [0.5, 0.6) is 0 Å². The number of fused-ring (bicyclic) bond motifs is 1. The summed E-state index contributed by atoms with van der Waals surface area (Å²) in [5.41, 5.74) is 12.1. The summed E-state index contributed by atoms with van der Waals surface area (Å²) in [6.45, 7) is 0. The zero-order chi connectivity index (χ0) is 12.5. The van der Waals surface area contributed by atoms with Gasteiger partial charge in [-0.1, -0.05) is 12.1 Å². The highest BCUT2D eigenvalue weighted by Gasteiger charge is 2.15. The van der Waals surface area contributed by atoms with Crippen molar-refractivity contribution in [2.75, 3.05) is 5.73 Å². The van der Waals surface area contributed by atoms with Crippen molar-refractivity contribution in [1.82, 2.24) is 9.78 Å². The lowest BCUT2D eigenvalue weighted by Gasteiger charge is -2.03. The van der Waals surface area contributed by atoms with Gasteiger partial charge in [0.2, 0.25) is 0 Å². The Hall–Kier alpha value is -2.03. The van der Waals surface area contributed by atoms with Crippen molar-refractivity contribution in [3.8, 4) is 0 Å². The number of aryl methyl sites for hydroxylation is 2. The fourth-order valence-corrected chi connectivity index (χ4v) is 2.58. The van der Waals surface area contributed by atoms with E-state index in [2.05, 4.69) is 29.4 Å². The molecule has 2 N–H and O–H groups in total. The Morgan fingerprint density at radius 3 is 3.00 bits per heavy atom. The van der Waals surface area contributed by atoms with Crippen LogP contribution >= 0.6 is 0 Å². The zero-order valence-electron chi connectivity index (χ0n) is 10.6. The number of rotatable bonds is 2. The molecule has 3 nitrogen and oxygen atoms in total. The summed E-state index contributed by atoms with van der Waals surface area (Å²) < 4.78 is 1.93. The minimum atomic E-state index is 0.863. The van der Waals surface area contributed by atoms with E-state index >= 15 is 0 Å². The fraction of sp³-hybridized carbons (Fsp3) is 0.267. The van der Waals surface area contributed by atoms with E-state index in [-0.39, 0.29) is 0 Å². The normalized spacial score (nSPS) is 16.2. The molecule has 0 amide bonds. The van der Waals surface area contributed by atoms with E-state index in [1.807, 2.05) is 24.0 Å². The first-order valence-electron chi connectivity index (χ1n) is 6.29. The first-order chi connectivity index (χ1) is 8.74. The van der Waals surface area contributed by atoms with Gasteiger partial charge in [0.1, 0.15) is 0 Å².